The van der Waals surface area contributed by atoms with Crippen LogP contribution in [0.1, 0.15) is 67.0 Å². The van der Waals surface area contributed by atoms with Gasteiger partial charge in [0.05, 0.1) is 22.5 Å². The van der Waals surface area contributed by atoms with E-state index in [9.17, 15) is 32.7 Å². The number of carbonyl (C=O) groups excluding carboxylic acids is 2. The highest BCUT2D eigenvalue weighted by Gasteiger charge is 2.30. The number of hydrogen-bond acceptors (Lipinski definition) is 6. The van der Waals surface area contributed by atoms with Crippen LogP contribution in [0.3, 0.4) is 0 Å². The number of carboxylic acid groups (broad SMARTS) is 1. The molecule has 1 fully saturated rings. The van der Waals surface area contributed by atoms with Crippen LogP contribution in [0.4, 0.5) is 24.5 Å². The van der Waals surface area contributed by atoms with E-state index in [1.54, 1.807) is 42.5 Å². The smallest absolute Gasteiger partial charge is 0.416 e. The Labute approximate surface area is 303 Å². The topological polar surface area (TPSA) is 112 Å². The van der Waals surface area contributed by atoms with Gasteiger partial charge in [-0.2, -0.15) is 13.2 Å². The lowest BCUT2D eigenvalue weighted by molar-refractivity contribution is -0.137. The van der Waals surface area contributed by atoms with Crippen LogP contribution in [-0.2, 0) is 18.5 Å². The zero-order valence-electron chi connectivity index (χ0n) is 28.0. The van der Waals surface area contributed by atoms with Crippen molar-refractivity contribution in [2.24, 2.45) is 0 Å². The SMILES string of the molecule is O=C(O)c1cccc(CSc2cccc(C(=O)Nc3ccc(N4CCCCC4)cc3-c3cc(C(=O)NCc4cccc(C(F)(F)F)c4)ccn3)c2)c1. The van der Waals surface area contributed by atoms with Gasteiger partial charge in [0.1, 0.15) is 0 Å². The number of thioether (sulfide) groups is 1. The number of carboxylic acids is 1. The van der Waals surface area contributed by atoms with E-state index in [2.05, 4.69) is 20.5 Å². The first kappa shape index (κ1) is 36.2. The number of nitrogens with one attached hydrogen (secondary N) is 2. The molecule has 0 aliphatic carbocycles. The average molecular weight is 725 g/mol. The van der Waals surface area contributed by atoms with Gasteiger partial charge in [-0.05, 0) is 103 Å². The molecule has 12 heteroatoms. The number of pyridine rings is 1. The summed E-state index contributed by atoms with van der Waals surface area (Å²) in [5.74, 6) is -1.31. The van der Waals surface area contributed by atoms with E-state index in [1.165, 1.54) is 36.2 Å². The van der Waals surface area contributed by atoms with Crippen molar-refractivity contribution in [3.05, 3.63) is 143 Å². The summed E-state index contributed by atoms with van der Waals surface area (Å²) >= 11 is 1.48. The lowest BCUT2D eigenvalue weighted by atomic mass is 10.0. The van der Waals surface area contributed by atoms with Crippen LogP contribution in [0.15, 0.2) is 114 Å². The fourth-order valence-corrected chi connectivity index (χ4v) is 6.84. The number of aromatic nitrogens is 1. The van der Waals surface area contributed by atoms with Crippen molar-refractivity contribution in [3.8, 4) is 11.3 Å². The van der Waals surface area contributed by atoms with Crippen LogP contribution in [0.2, 0.25) is 0 Å². The summed E-state index contributed by atoms with van der Waals surface area (Å²) in [7, 11) is 0. The molecule has 5 aromatic rings. The van der Waals surface area contributed by atoms with Gasteiger partial charge < -0.3 is 20.6 Å². The molecule has 0 saturated carbocycles. The fraction of sp³-hybridized carbons (Fsp3) is 0.200. The van der Waals surface area contributed by atoms with Crippen molar-refractivity contribution in [1.29, 1.82) is 0 Å². The minimum atomic E-state index is -4.49. The molecular weight excluding hydrogens is 690 g/mol. The number of carbonyl (C=O) groups is 3. The molecule has 3 N–H and O–H groups in total. The van der Waals surface area contributed by atoms with E-state index in [0.717, 1.165) is 60.6 Å². The van der Waals surface area contributed by atoms with Crippen LogP contribution >= 0.6 is 11.8 Å². The summed E-state index contributed by atoms with van der Waals surface area (Å²) in [5, 5.41) is 15.0. The Morgan fingerprint density at radius 3 is 2.29 bits per heavy atom. The quantitative estimate of drug-likeness (QED) is 0.117. The highest BCUT2D eigenvalue weighted by molar-refractivity contribution is 7.98. The average Bonchev–Trinajstić information content (AvgIpc) is 3.16. The number of hydrogen-bond donors (Lipinski definition) is 3. The van der Waals surface area contributed by atoms with Gasteiger partial charge in [-0.15, -0.1) is 11.8 Å². The van der Waals surface area contributed by atoms with Crippen molar-refractivity contribution in [3.63, 3.8) is 0 Å². The summed E-state index contributed by atoms with van der Waals surface area (Å²) in [6, 6.07) is 27.5. The maximum Gasteiger partial charge on any atom is 0.416 e. The number of aromatic carboxylic acids is 1. The summed E-state index contributed by atoms with van der Waals surface area (Å²) < 4.78 is 39.6. The normalized spacial score (nSPS) is 13.0. The molecule has 0 atom stereocenters. The van der Waals surface area contributed by atoms with Crippen molar-refractivity contribution >= 4 is 40.9 Å². The zero-order valence-corrected chi connectivity index (χ0v) is 28.8. The number of piperidine rings is 1. The number of nitrogens with zero attached hydrogens (tertiary/aromatic N) is 2. The molecule has 6 rings (SSSR count). The second kappa shape index (κ2) is 16.2. The zero-order chi connectivity index (χ0) is 36.7. The Morgan fingerprint density at radius 1 is 0.769 bits per heavy atom. The first-order valence-corrected chi connectivity index (χ1v) is 17.7. The molecule has 1 saturated heterocycles. The Balaban J connectivity index is 1.22. The van der Waals surface area contributed by atoms with E-state index in [4.69, 9.17) is 0 Å². The Hall–Kier alpha value is -5.62. The minimum absolute atomic E-state index is 0.0990. The fourth-order valence-electron chi connectivity index (χ4n) is 5.95. The molecule has 266 valence electrons. The third-order valence-corrected chi connectivity index (χ3v) is 9.72. The van der Waals surface area contributed by atoms with Crippen LogP contribution in [0.5, 0.6) is 0 Å². The second-order valence-corrected chi connectivity index (χ2v) is 13.4. The van der Waals surface area contributed by atoms with Crippen LogP contribution in [0.25, 0.3) is 11.3 Å². The van der Waals surface area contributed by atoms with Crippen LogP contribution < -0.4 is 15.5 Å². The summed E-state index contributed by atoms with van der Waals surface area (Å²) in [6.45, 7) is 1.68. The van der Waals surface area contributed by atoms with Gasteiger partial charge in [-0.1, -0.05) is 30.3 Å². The molecule has 0 radical (unpaired) electrons. The Kier molecular flexibility index (Phi) is 11.2. The molecule has 0 spiro atoms. The van der Waals surface area contributed by atoms with Crippen molar-refractivity contribution in [2.45, 2.75) is 42.6 Å². The number of alkyl halides is 3. The number of rotatable bonds is 11. The van der Waals surface area contributed by atoms with Gasteiger partial charge in [0.2, 0.25) is 0 Å². The molecule has 4 aromatic carbocycles. The van der Waals surface area contributed by atoms with Gasteiger partial charge in [0.15, 0.2) is 0 Å². The van der Waals surface area contributed by atoms with E-state index < -0.39 is 23.6 Å². The largest absolute Gasteiger partial charge is 0.478 e. The third kappa shape index (κ3) is 9.18. The predicted octanol–water partition coefficient (Wildman–Crippen LogP) is 8.93. The van der Waals surface area contributed by atoms with Gasteiger partial charge >= 0.3 is 12.1 Å². The Bertz CT molecular complexity index is 2100. The number of anilines is 2. The van der Waals surface area contributed by atoms with E-state index in [0.29, 0.717) is 33.8 Å². The molecule has 0 bridgehead atoms. The third-order valence-electron chi connectivity index (χ3n) is 8.65. The summed E-state index contributed by atoms with van der Waals surface area (Å²) in [5.41, 5.74) is 3.75. The maximum atomic E-state index is 13.7. The lowest BCUT2D eigenvalue weighted by Gasteiger charge is -2.29. The molecule has 52 heavy (non-hydrogen) atoms. The highest BCUT2D eigenvalue weighted by atomic mass is 32.2. The van der Waals surface area contributed by atoms with Gasteiger partial charge in [-0.3, -0.25) is 14.6 Å². The van der Waals surface area contributed by atoms with Gasteiger partial charge in [0, 0.05) is 58.9 Å². The van der Waals surface area contributed by atoms with E-state index in [-0.39, 0.29) is 23.6 Å². The predicted molar refractivity (Wildman–Crippen MR) is 196 cm³/mol. The molecule has 1 aliphatic rings. The van der Waals surface area contributed by atoms with E-state index >= 15 is 0 Å². The second-order valence-electron chi connectivity index (χ2n) is 12.4. The molecular formula is C40H35F3N4O4S. The van der Waals surface area contributed by atoms with E-state index in [1.807, 2.05) is 30.3 Å². The maximum absolute atomic E-state index is 13.7. The van der Waals surface area contributed by atoms with Crippen LogP contribution in [-0.4, -0.2) is 41.0 Å². The van der Waals surface area contributed by atoms with Crippen molar-refractivity contribution in [2.75, 3.05) is 23.3 Å². The summed E-state index contributed by atoms with van der Waals surface area (Å²) in [4.78, 5) is 45.9. The van der Waals surface area contributed by atoms with Gasteiger partial charge in [-0.25, -0.2) is 4.79 Å². The Morgan fingerprint density at radius 2 is 1.50 bits per heavy atom. The summed E-state index contributed by atoms with van der Waals surface area (Å²) in [6.07, 6.45) is 0.277. The van der Waals surface area contributed by atoms with Crippen molar-refractivity contribution in [1.82, 2.24) is 10.3 Å². The number of amides is 2. The minimum Gasteiger partial charge on any atom is -0.478 e. The van der Waals surface area contributed by atoms with Crippen LogP contribution in [0, 0.1) is 0 Å². The lowest BCUT2D eigenvalue weighted by Crippen LogP contribution is -2.29. The standard InChI is InChI=1S/C40H35F3N4O4S/c41-40(42,43)31-11-5-7-26(20-31)24-45-37(48)29-15-16-44-36(22-29)34-23-32(47-17-2-1-3-18-47)13-14-35(34)46-38(49)28-9-6-12-33(21-28)52-25-27-8-4-10-30(19-27)39(50)51/h4-16,19-23H,1-3,17-18,24-25H2,(H,45,48)(H,46,49)(H,50,51). The molecule has 8 nitrogen and oxygen atoms in total. The molecule has 2 amide bonds. The molecule has 0 unspecified atom stereocenters. The number of benzene rings is 4. The molecule has 1 aromatic heterocycles. The van der Waals surface area contributed by atoms with Crippen molar-refractivity contribution < 1.29 is 32.7 Å². The number of halogens is 3. The first-order valence-electron chi connectivity index (χ1n) is 16.7. The van der Waals surface area contributed by atoms with Gasteiger partial charge in [0.25, 0.3) is 11.8 Å². The molecule has 1 aliphatic heterocycles. The first-order chi connectivity index (χ1) is 25.0. The monoisotopic (exact) mass is 724 g/mol. The molecule has 2 heterocycles. The highest BCUT2D eigenvalue weighted by Crippen LogP contribution is 2.34.